The van der Waals surface area contributed by atoms with E-state index < -0.39 is 8.07 Å². The van der Waals surface area contributed by atoms with Gasteiger partial charge in [0.25, 0.3) is 0 Å². The fourth-order valence-corrected chi connectivity index (χ4v) is 2.38. The smallest absolute Gasteiger partial charge is 0.144 e. The molecule has 0 aliphatic carbocycles. The minimum Gasteiger partial charge on any atom is -0.372 e. The van der Waals surface area contributed by atoms with Crippen LogP contribution >= 0.6 is 0 Å². The lowest BCUT2D eigenvalue weighted by Gasteiger charge is -2.17. The molecule has 0 radical (unpaired) electrons. The number of nitriles is 1. The molecular formula is C14H17N3Si. The maximum absolute atomic E-state index is 9.19. The molecule has 2 aromatic rings. The van der Waals surface area contributed by atoms with Gasteiger partial charge in [-0.25, -0.2) is 4.98 Å². The second kappa shape index (κ2) is 4.79. The van der Waals surface area contributed by atoms with Gasteiger partial charge in [0.15, 0.2) is 0 Å². The van der Waals surface area contributed by atoms with Crippen LogP contribution in [0.5, 0.6) is 0 Å². The molecule has 0 saturated carbocycles. The maximum atomic E-state index is 9.19. The predicted molar refractivity (Wildman–Crippen MR) is 78.3 cm³/mol. The second-order valence-electron chi connectivity index (χ2n) is 5.60. The van der Waals surface area contributed by atoms with E-state index in [1.165, 1.54) is 0 Å². The Morgan fingerprint density at radius 1 is 1.28 bits per heavy atom. The van der Waals surface area contributed by atoms with Gasteiger partial charge in [-0.3, -0.25) is 0 Å². The number of aromatic nitrogens is 1. The Labute approximate surface area is 108 Å². The van der Waals surface area contributed by atoms with Gasteiger partial charge in [-0.1, -0.05) is 37.8 Å². The Hall–Kier alpha value is -1.86. The molecule has 0 aliphatic rings. The molecule has 92 valence electrons. The van der Waals surface area contributed by atoms with Crippen LogP contribution in [0.4, 0.5) is 5.82 Å². The van der Waals surface area contributed by atoms with Gasteiger partial charge in [0.2, 0.25) is 0 Å². The average molecular weight is 255 g/mol. The van der Waals surface area contributed by atoms with Crippen molar-refractivity contribution < 1.29 is 0 Å². The highest BCUT2D eigenvalue weighted by Gasteiger charge is 2.14. The molecule has 1 aromatic carbocycles. The second-order valence-corrected chi connectivity index (χ2v) is 11.1. The van der Waals surface area contributed by atoms with Gasteiger partial charge in [-0.15, -0.1) is 0 Å². The van der Waals surface area contributed by atoms with E-state index in [1.54, 1.807) is 0 Å². The molecule has 1 aromatic heterocycles. The summed E-state index contributed by atoms with van der Waals surface area (Å²) >= 11 is 0. The first-order chi connectivity index (χ1) is 8.49. The van der Waals surface area contributed by atoms with Crippen molar-refractivity contribution in [2.45, 2.75) is 19.6 Å². The van der Waals surface area contributed by atoms with Gasteiger partial charge in [-0.05, 0) is 12.1 Å². The zero-order valence-corrected chi connectivity index (χ0v) is 12.0. The van der Waals surface area contributed by atoms with Crippen molar-refractivity contribution in [2.24, 2.45) is 0 Å². The van der Waals surface area contributed by atoms with Crippen LogP contribution in [-0.4, -0.2) is 19.2 Å². The molecule has 0 fully saturated rings. The van der Waals surface area contributed by atoms with E-state index in [-0.39, 0.29) is 0 Å². The number of hydrogen-bond donors (Lipinski definition) is 1. The molecule has 2 rings (SSSR count). The van der Waals surface area contributed by atoms with Crippen LogP contribution in [0, 0.1) is 11.3 Å². The first-order valence-electron chi connectivity index (χ1n) is 6.03. The van der Waals surface area contributed by atoms with Crippen LogP contribution < -0.4 is 5.32 Å². The van der Waals surface area contributed by atoms with Crippen molar-refractivity contribution in [1.29, 1.82) is 5.26 Å². The van der Waals surface area contributed by atoms with Crippen LogP contribution in [0.15, 0.2) is 30.3 Å². The fraction of sp³-hybridized carbons (Fsp3) is 0.286. The van der Waals surface area contributed by atoms with Crippen LogP contribution in [0.2, 0.25) is 19.6 Å². The molecule has 0 bridgehead atoms. The number of rotatable bonds is 3. The zero-order chi connectivity index (χ0) is 13.2. The monoisotopic (exact) mass is 255 g/mol. The molecule has 4 heteroatoms. The number of hydrogen-bond acceptors (Lipinski definition) is 3. The quantitative estimate of drug-likeness (QED) is 0.855. The van der Waals surface area contributed by atoms with Crippen LogP contribution in [0.3, 0.4) is 0 Å². The van der Waals surface area contributed by atoms with E-state index in [0.29, 0.717) is 11.4 Å². The number of pyridine rings is 1. The molecule has 0 saturated heterocycles. The first-order valence-corrected chi connectivity index (χ1v) is 9.74. The summed E-state index contributed by atoms with van der Waals surface area (Å²) in [5, 5.41) is 13.5. The van der Waals surface area contributed by atoms with Gasteiger partial charge in [0.05, 0.1) is 19.2 Å². The Balaban J connectivity index is 2.40. The van der Waals surface area contributed by atoms with Gasteiger partial charge in [-0.2, -0.15) is 5.26 Å². The standard InChI is InChI=1S/C14H17N3Si/c1-18(2,3)10-16-14-12(9-15)8-11-6-4-5-7-13(11)17-14/h4-8H,10H2,1-3H3,(H,16,17). The highest BCUT2D eigenvalue weighted by atomic mass is 28.3. The normalized spacial score (nSPS) is 11.2. The maximum Gasteiger partial charge on any atom is 0.144 e. The van der Waals surface area contributed by atoms with E-state index in [0.717, 1.165) is 17.1 Å². The summed E-state index contributed by atoms with van der Waals surface area (Å²) < 4.78 is 0. The molecule has 0 spiro atoms. The molecule has 0 atom stereocenters. The molecule has 1 N–H and O–H groups in total. The average Bonchev–Trinajstić information content (AvgIpc) is 2.34. The lowest BCUT2D eigenvalue weighted by Crippen LogP contribution is -2.31. The predicted octanol–water partition coefficient (Wildman–Crippen LogP) is 3.40. The summed E-state index contributed by atoms with van der Waals surface area (Å²) in [5.74, 6) is 0.707. The third-order valence-electron chi connectivity index (χ3n) is 2.63. The van der Waals surface area contributed by atoms with E-state index in [1.807, 2.05) is 30.3 Å². The third kappa shape index (κ3) is 2.87. The molecule has 1 heterocycles. The highest BCUT2D eigenvalue weighted by Crippen LogP contribution is 2.20. The number of para-hydroxylation sites is 1. The van der Waals surface area contributed by atoms with Gasteiger partial charge >= 0.3 is 0 Å². The zero-order valence-electron chi connectivity index (χ0n) is 11.0. The summed E-state index contributed by atoms with van der Waals surface area (Å²) in [5.41, 5.74) is 1.54. The van der Waals surface area contributed by atoms with E-state index in [4.69, 9.17) is 0 Å². The number of nitrogens with one attached hydrogen (secondary N) is 1. The number of anilines is 1. The van der Waals surface area contributed by atoms with E-state index in [9.17, 15) is 5.26 Å². The molecule has 18 heavy (non-hydrogen) atoms. The fourth-order valence-electron chi connectivity index (χ4n) is 1.68. The molecule has 0 aliphatic heterocycles. The summed E-state index contributed by atoms with van der Waals surface area (Å²) in [4.78, 5) is 4.54. The third-order valence-corrected chi connectivity index (χ3v) is 3.87. The van der Waals surface area contributed by atoms with Crippen LogP contribution in [0.25, 0.3) is 10.9 Å². The van der Waals surface area contributed by atoms with Gasteiger partial charge in [0, 0.05) is 11.6 Å². The Morgan fingerprint density at radius 2 is 2.00 bits per heavy atom. The van der Waals surface area contributed by atoms with Gasteiger partial charge in [0.1, 0.15) is 11.9 Å². The SMILES string of the molecule is C[Si](C)(C)CNc1nc2ccccc2cc1C#N. The van der Waals surface area contributed by atoms with E-state index >= 15 is 0 Å². The highest BCUT2D eigenvalue weighted by molar-refractivity contribution is 6.76. The van der Waals surface area contributed by atoms with Gasteiger partial charge < -0.3 is 5.32 Å². The lowest BCUT2D eigenvalue weighted by atomic mass is 10.1. The van der Waals surface area contributed by atoms with Crippen molar-refractivity contribution in [1.82, 2.24) is 4.98 Å². The van der Waals surface area contributed by atoms with Crippen molar-refractivity contribution in [3.8, 4) is 6.07 Å². The van der Waals surface area contributed by atoms with Crippen molar-refractivity contribution >= 4 is 24.8 Å². The minimum absolute atomic E-state index is 0.618. The summed E-state index contributed by atoms with van der Waals surface area (Å²) in [6.07, 6.45) is 0.924. The number of benzene rings is 1. The van der Waals surface area contributed by atoms with Crippen molar-refractivity contribution in [3.63, 3.8) is 0 Å². The largest absolute Gasteiger partial charge is 0.372 e. The van der Waals surface area contributed by atoms with Crippen LogP contribution in [-0.2, 0) is 0 Å². The van der Waals surface area contributed by atoms with E-state index in [2.05, 4.69) is 36.0 Å². The Kier molecular flexibility index (Phi) is 3.35. The summed E-state index contributed by atoms with van der Waals surface area (Å²) in [6, 6.07) is 12.0. The molecule has 0 unspecified atom stereocenters. The first kappa shape index (κ1) is 12.6. The topological polar surface area (TPSA) is 48.7 Å². The number of nitrogens with zero attached hydrogens (tertiary/aromatic N) is 2. The molecular weight excluding hydrogens is 238 g/mol. The minimum atomic E-state index is -1.20. The lowest BCUT2D eigenvalue weighted by molar-refractivity contribution is 1.26. The number of fused-ring (bicyclic) bond motifs is 1. The summed E-state index contributed by atoms with van der Waals surface area (Å²) in [7, 11) is -1.20. The summed E-state index contributed by atoms with van der Waals surface area (Å²) in [6.45, 7) is 6.85. The Morgan fingerprint density at radius 3 is 2.67 bits per heavy atom. The Bertz CT molecular complexity index is 608. The molecule has 0 amide bonds. The van der Waals surface area contributed by atoms with Crippen LogP contribution in [0.1, 0.15) is 5.56 Å². The van der Waals surface area contributed by atoms with Crippen molar-refractivity contribution in [3.05, 3.63) is 35.9 Å². The molecule has 3 nitrogen and oxygen atoms in total. The van der Waals surface area contributed by atoms with Crippen molar-refractivity contribution in [2.75, 3.05) is 11.5 Å².